The van der Waals surface area contributed by atoms with E-state index in [1.807, 2.05) is 0 Å². The van der Waals surface area contributed by atoms with Crippen molar-refractivity contribution >= 4 is 5.97 Å². The van der Waals surface area contributed by atoms with Crippen LogP contribution in [0.5, 0.6) is 5.75 Å². The molecule has 0 radical (unpaired) electrons. The maximum absolute atomic E-state index is 15.0. The van der Waals surface area contributed by atoms with E-state index >= 15 is 0 Å². The van der Waals surface area contributed by atoms with Crippen LogP contribution in [0, 0.1) is 11.2 Å². The molecule has 188 valence electrons. The van der Waals surface area contributed by atoms with Gasteiger partial charge >= 0.3 is 5.97 Å². The van der Waals surface area contributed by atoms with Crippen LogP contribution in [0.4, 0.5) is 4.39 Å². The lowest BCUT2D eigenvalue weighted by molar-refractivity contribution is -0.137. The second-order valence-electron chi connectivity index (χ2n) is 11.7. The molecule has 1 fully saturated rings. The summed E-state index contributed by atoms with van der Waals surface area (Å²) in [6.07, 6.45) is 5.26. The molecule has 1 N–H and O–H groups in total. The highest BCUT2D eigenvalue weighted by atomic mass is 19.1. The molecule has 0 bridgehead atoms. The zero-order valence-corrected chi connectivity index (χ0v) is 21.7. The van der Waals surface area contributed by atoms with Crippen molar-refractivity contribution < 1.29 is 19.0 Å². The first kappa shape index (κ1) is 24.5. The van der Waals surface area contributed by atoms with Crippen LogP contribution in [0.3, 0.4) is 0 Å². The number of carbonyl (C=O) groups is 1. The SMILES string of the molecule is COc1ccc(F)c(-c2cc(CCc3ccc4c(c3)CC3(CC3)C4CC(=O)O)ccc2C(C)(C)C)c1. The van der Waals surface area contributed by atoms with E-state index in [2.05, 4.69) is 57.2 Å². The minimum Gasteiger partial charge on any atom is -0.497 e. The summed E-state index contributed by atoms with van der Waals surface area (Å²) in [6, 6.07) is 18.0. The molecular weight excluding hydrogens is 451 g/mol. The predicted octanol–water partition coefficient (Wildman–Crippen LogP) is 7.48. The van der Waals surface area contributed by atoms with Gasteiger partial charge in [-0.2, -0.15) is 0 Å². The van der Waals surface area contributed by atoms with Gasteiger partial charge in [-0.15, -0.1) is 0 Å². The van der Waals surface area contributed by atoms with E-state index in [-0.39, 0.29) is 29.0 Å². The molecule has 4 heteroatoms. The van der Waals surface area contributed by atoms with Gasteiger partial charge in [-0.25, -0.2) is 4.39 Å². The van der Waals surface area contributed by atoms with Crippen LogP contribution >= 0.6 is 0 Å². The largest absolute Gasteiger partial charge is 0.497 e. The Kier molecular flexibility index (Phi) is 6.18. The fourth-order valence-corrected chi connectivity index (χ4v) is 6.08. The lowest BCUT2D eigenvalue weighted by Crippen LogP contribution is -2.13. The lowest BCUT2D eigenvalue weighted by atomic mass is 9.80. The van der Waals surface area contributed by atoms with Crippen LogP contribution < -0.4 is 4.74 Å². The molecule has 36 heavy (non-hydrogen) atoms. The zero-order valence-electron chi connectivity index (χ0n) is 21.7. The van der Waals surface area contributed by atoms with Gasteiger partial charge in [0, 0.05) is 11.5 Å². The first-order chi connectivity index (χ1) is 17.1. The van der Waals surface area contributed by atoms with Crippen LogP contribution in [0.25, 0.3) is 11.1 Å². The average Bonchev–Trinajstić information content (AvgIpc) is 3.54. The van der Waals surface area contributed by atoms with Crippen molar-refractivity contribution in [3.63, 3.8) is 0 Å². The molecule has 1 spiro atoms. The highest BCUT2D eigenvalue weighted by Gasteiger charge is 2.54. The number of hydrogen-bond acceptors (Lipinski definition) is 2. The van der Waals surface area contributed by atoms with E-state index in [9.17, 15) is 14.3 Å². The van der Waals surface area contributed by atoms with Crippen LogP contribution in [-0.4, -0.2) is 18.2 Å². The molecule has 0 heterocycles. The monoisotopic (exact) mass is 486 g/mol. The Morgan fingerprint density at radius 3 is 2.33 bits per heavy atom. The van der Waals surface area contributed by atoms with E-state index < -0.39 is 5.97 Å². The lowest BCUT2D eigenvalue weighted by Gasteiger charge is -2.24. The summed E-state index contributed by atoms with van der Waals surface area (Å²) in [7, 11) is 1.60. The Bertz CT molecular complexity index is 1310. The van der Waals surface area contributed by atoms with Gasteiger partial charge in [-0.1, -0.05) is 57.2 Å². The zero-order chi connectivity index (χ0) is 25.7. The van der Waals surface area contributed by atoms with Gasteiger partial charge in [-0.05, 0) is 94.5 Å². The maximum Gasteiger partial charge on any atom is 0.303 e. The third-order valence-electron chi connectivity index (χ3n) is 8.19. The molecule has 3 aromatic rings. The molecule has 5 rings (SSSR count). The summed E-state index contributed by atoms with van der Waals surface area (Å²) in [5.41, 5.74) is 7.66. The first-order valence-electron chi connectivity index (χ1n) is 12.9. The number of carboxylic acids is 1. The molecule has 2 aliphatic rings. The maximum atomic E-state index is 15.0. The normalized spacial score (nSPS) is 17.8. The Labute approximate surface area is 213 Å². The minimum atomic E-state index is -0.704. The highest BCUT2D eigenvalue weighted by Crippen LogP contribution is 2.64. The number of methoxy groups -OCH3 is 1. The van der Waals surface area contributed by atoms with Gasteiger partial charge in [0.05, 0.1) is 13.5 Å². The van der Waals surface area contributed by atoms with Crippen molar-refractivity contribution in [1.29, 1.82) is 0 Å². The molecule has 3 nitrogen and oxygen atoms in total. The fourth-order valence-electron chi connectivity index (χ4n) is 6.08. The molecule has 0 aliphatic heterocycles. The number of aliphatic carboxylic acids is 1. The second-order valence-corrected chi connectivity index (χ2v) is 11.7. The van der Waals surface area contributed by atoms with Crippen LogP contribution in [0.2, 0.25) is 0 Å². The minimum absolute atomic E-state index is 0.130. The van der Waals surface area contributed by atoms with Crippen molar-refractivity contribution in [3.05, 3.63) is 88.2 Å². The van der Waals surface area contributed by atoms with E-state index in [1.165, 1.54) is 28.3 Å². The molecule has 3 aromatic carbocycles. The van der Waals surface area contributed by atoms with Crippen LogP contribution in [-0.2, 0) is 29.5 Å². The Morgan fingerprint density at radius 1 is 1.00 bits per heavy atom. The van der Waals surface area contributed by atoms with Gasteiger partial charge in [0.25, 0.3) is 0 Å². The molecule has 0 saturated heterocycles. The Morgan fingerprint density at radius 2 is 1.69 bits per heavy atom. The molecule has 0 aromatic heterocycles. The van der Waals surface area contributed by atoms with Gasteiger partial charge in [-0.3, -0.25) is 4.79 Å². The summed E-state index contributed by atoms with van der Waals surface area (Å²) >= 11 is 0. The Balaban J connectivity index is 1.41. The van der Waals surface area contributed by atoms with Crippen molar-refractivity contribution in [2.75, 3.05) is 7.11 Å². The molecular formula is C32H35FO3. The van der Waals surface area contributed by atoms with Crippen molar-refractivity contribution in [2.45, 2.75) is 70.6 Å². The summed E-state index contributed by atoms with van der Waals surface area (Å²) < 4.78 is 20.3. The molecule has 1 atom stereocenters. The van der Waals surface area contributed by atoms with E-state index in [4.69, 9.17) is 4.74 Å². The summed E-state index contributed by atoms with van der Waals surface area (Å²) in [6.45, 7) is 6.45. The number of aryl methyl sites for hydroxylation is 2. The molecule has 0 amide bonds. The Hall–Kier alpha value is -3.14. The fraction of sp³-hybridized carbons (Fsp3) is 0.406. The summed E-state index contributed by atoms with van der Waals surface area (Å²) in [5, 5.41) is 9.41. The van der Waals surface area contributed by atoms with E-state index in [1.54, 1.807) is 19.2 Å². The third-order valence-corrected chi connectivity index (χ3v) is 8.19. The van der Waals surface area contributed by atoms with Gasteiger partial charge in [0.2, 0.25) is 0 Å². The standard InChI is InChI=1S/C32H35FO3/c1-31(2,3)27-11-8-21(16-25(27)26-17-23(36-4)9-12-29(26)33)6-5-20-7-10-24-22(15-20)19-32(13-14-32)28(24)18-30(34)35/h7-12,15-17,28H,5-6,13-14,18-19H2,1-4H3,(H,34,35). The first-order valence-corrected chi connectivity index (χ1v) is 12.9. The van der Waals surface area contributed by atoms with Gasteiger partial charge in [0.1, 0.15) is 11.6 Å². The van der Waals surface area contributed by atoms with Crippen molar-refractivity contribution in [3.8, 4) is 16.9 Å². The number of fused-ring (bicyclic) bond motifs is 1. The number of hydrogen-bond donors (Lipinski definition) is 1. The second kappa shape index (κ2) is 9.06. The number of halogens is 1. The highest BCUT2D eigenvalue weighted by molar-refractivity contribution is 5.72. The van der Waals surface area contributed by atoms with Crippen LogP contribution in [0.15, 0.2) is 54.6 Å². The van der Waals surface area contributed by atoms with E-state index in [0.29, 0.717) is 11.3 Å². The number of carboxylic acid groups (broad SMARTS) is 1. The quantitative estimate of drug-likeness (QED) is 0.377. The number of ether oxygens (including phenoxy) is 1. The number of rotatable bonds is 7. The smallest absolute Gasteiger partial charge is 0.303 e. The van der Waals surface area contributed by atoms with Crippen molar-refractivity contribution in [2.24, 2.45) is 5.41 Å². The molecule has 1 saturated carbocycles. The third kappa shape index (κ3) is 4.66. The molecule has 2 aliphatic carbocycles. The number of benzene rings is 3. The predicted molar refractivity (Wildman–Crippen MR) is 141 cm³/mol. The van der Waals surface area contributed by atoms with Gasteiger partial charge < -0.3 is 9.84 Å². The topological polar surface area (TPSA) is 46.5 Å². The van der Waals surface area contributed by atoms with Crippen LogP contribution in [0.1, 0.15) is 73.8 Å². The van der Waals surface area contributed by atoms with Crippen molar-refractivity contribution in [1.82, 2.24) is 0 Å². The summed E-state index contributed by atoms with van der Waals surface area (Å²) in [4.78, 5) is 11.4. The average molecular weight is 487 g/mol. The summed E-state index contributed by atoms with van der Waals surface area (Å²) in [5.74, 6) is -0.152. The van der Waals surface area contributed by atoms with Gasteiger partial charge in [0.15, 0.2) is 0 Å². The molecule has 1 unspecified atom stereocenters. The van der Waals surface area contributed by atoms with E-state index in [0.717, 1.165) is 43.2 Å².